The monoisotopic (exact) mass is 205 g/mol. The molecule has 0 saturated heterocycles. The van der Waals surface area contributed by atoms with Crippen LogP contribution in [-0.2, 0) is 4.74 Å². The maximum absolute atomic E-state index is 8.78. The van der Waals surface area contributed by atoms with Crippen LogP contribution in [-0.4, -0.2) is 13.4 Å². The summed E-state index contributed by atoms with van der Waals surface area (Å²) in [5.41, 5.74) is 2.59. The summed E-state index contributed by atoms with van der Waals surface area (Å²) in [5, 5.41) is 8.78. The van der Waals surface area contributed by atoms with Gasteiger partial charge in [-0.2, -0.15) is 5.26 Å². The van der Waals surface area contributed by atoms with Crippen LogP contribution in [0.5, 0.6) is 5.75 Å². The zero-order valence-corrected chi connectivity index (χ0v) is 9.33. The lowest BCUT2D eigenvalue weighted by atomic mass is 10.1. The Hall–Kier alpha value is -1.53. The number of nitriles is 1. The lowest BCUT2D eigenvalue weighted by Crippen LogP contribution is -2.04. The molecule has 3 heteroatoms. The smallest absolute Gasteiger partial charge is 0.189 e. The van der Waals surface area contributed by atoms with E-state index in [-0.39, 0.29) is 6.79 Å². The second kappa shape index (κ2) is 5.38. The quantitative estimate of drug-likeness (QED) is 0.560. The molecule has 0 aliphatic heterocycles. The number of hydrogen-bond donors (Lipinski definition) is 0. The number of ether oxygens (including phenoxy) is 2. The molecule has 0 unspecified atom stereocenters. The summed E-state index contributed by atoms with van der Waals surface area (Å²) < 4.78 is 10.6. The van der Waals surface area contributed by atoms with Crippen molar-refractivity contribution < 1.29 is 9.47 Å². The van der Waals surface area contributed by atoms with Crippen LogP contribution < -0.4 is 4.74 Å². The minimum Gasteiger partial charge on any atom is -0.467 e. The molecule has 0 amide bonds. The van der Waals surface area contributed by atoms with Crippen LogP contribution in [0.25, 0.3) is 0 Å². The Labute approximate surface area is 90.2 Å². The van der Waals surface area contributed by atoms with Gasteiger partial charge >= 0.3 is 0 Å². The van der Waals surface area contributed by atoms with Crippen molar-refractivity contribution in [1.82, 2.24) is 0 Å². The molecule has 15 heavy (non-hydrogen) atoms. The molecule has 1 aromatic rings. The summed E-state index contributed by atoms with van der Waals surface area (Å²) >= 11 is 0. The molecule has 0 radical (unpaired) electrons. The lowest BCUT2D eigenvalue weighted by Gasteiger charge is -2.11. The van der Waals surface area contributed by atoms with E-state index in [4.69, 9.17) is 14.7 Å². The minimum absolute atomic E-state index is 0.254. The highest BCUT2D eigenvalue weighted by Gasteiger charge is 2.05. The van der Waals surface area contributed by atoms with Gasteiger partial charge in [0.05, 0.1) is 11.6 Å². The molecule has 0 heterocycles. The van der Waals surface area contributed by atoms with Crippen LogP contribution in [0.2, 0.25) is 0 Å². The number of benzene rings is 1. The molecule has 3 nitrogen and oxygen atoms in total. The van der Waals surface area contributed by atoms with E-state index in [2.05, 4.69) is 6.07 Å². The van der Waals surface area contributed by atoms with Crippen molar-refractivity contribution in [2.24, 2.45) is 0 Å². The fourth-order valence-corrected chi connectivity index (χ4v) is 1.43. The molecule has 0 aliphatic carbocycles. The van der Waals surface area contributed by atoms with E-state index in [9.17, 15) is 0 Å². The summed E-state index contributed by atoms with van der Waals surface area (Å²) in [5.74, 6) is 0.808. The van der Waals surface area contributed by atoms with Crippen molar-refractivity contribution in [2.75, 3.05) is 13.4 Å². The van der Waals surface area contributed by atoms with Gasteiger partial charge in [0, 0.05) is 6.61 Å². The van der Waals surface area contributed by atoms with Gasteiger partial charge in [0.1, 0.15) is 5.75 Å². The van der Waals surface area contributed by atoms with Gasteiger partial charge in [-0.05, 0) is 44.0 Å². The van der Waals surface area contributed by atoms with Gasteiger partial charge in [-0.25, -0.2) is 0 Å². The number of rotatable bonds is 4. The molecule has 1 aromatic carbocycles. The van der Waals surface area contributed by atoms with Crippen molar-refractivity contribution in [3.8, 4) is 11.8 Å². The second-order valence-electron chi connectivity index (χ2n) is 3.31. The van der Waals surface area contributed by atoms with E-state index in [1.54, 1.807) is 0 Å². The van der Waals surface area contributed by atoms with Gasteiger partial charge in [0.15, 0.2) is 6.79 Å². The maximum Gasteiger partial charge on any atom is 0.189 e. The molecule has 0 spiro atoms. The Kier molecular flexibility index (Phi) is 4.14. The molecule has 0 bridgehead atoms. The Morgan fingerprint density at radius 3 is 2.33 bits per heavy atom. The Morgan fingerprint density at radius 1 is 1.27 bits per heavy atom. The Balaban J connectivity index is 2.85. The molecule has 0 N–H and O–H groups in total. The second-order valence-corrected chi connectivity index (χ2v) is 3.31. The summed E-state index contributed by atoms with van der Waals surface area (Å²) in [4.78, 5) is 0. The molecule has 0 aromatic heterocycles. The van der Waals surface area contributed by atoms with E-state index in [1.807, 2.05) is 32.9 Å². The fraction of sp³-hybridized carbons (Fsp3) is 0.417. The SMILES string of the molecule is CCOCOc1c(C)cc(C#N)cc1C. The number of nitrogens with zero attached hydrogens (tertiary/aromatic N) is 1. The number of hydrogen-bond acceptors (Lipinski definition) is 3. The van der Waals surface area contributed by atoms with Gasteiger partial charge in [-0.15, -0.1) is 0 Å². The molecule has 0 aliphatic rings. The third-order valence-electron chi connectivity index (χ3n) is 2.08. The van der Waals surface area contributed by atoms with E-state index in [0.717, 1.165) is 16.9 Å². The van der Waals surface area contributed by atoms with Crippen LogP contribution in [0.3, 0.4) is 0 Å². The van der Waals surface area contributed by atoms with Crippen LogP contribution >= 0.6 is 0 Å². The van der Waals surface area contributed by atoms with Gasteiger partial charge in [-0.3, -0.25) is 0 Å². The molecule has 1 rings (SSSR count). The summed E-state index contributed by atoms with van der Waals surface area (Å²) in [6.07, 6.45) is 0. The molecule has 0 saturated carbocycles. The first-order valence-corrected chi connectivity index (χ1v) is 4.91. The third-order valence-corrected chi connectivity index (χ3v) is 2.08. The topological polar surface area (TPSA) is 42.2 Å². The van der Waals surface area contributed by atoms with Gasteiger partial charge in [0.2, 0.25) is 0 Å². The van der Waals surface area contributed by atoms with Crippen LogP contribution in [0.1, 0.15) is 23.6 Å². The van der Waals surface area contributed by atoms with Crippen molar-refractivity contribution >= 4 is 0 Å². The normalized spacial score (nSPS) is 9.73. The van der Waals surface area contributed by atoms with E-state index < -0.39 is 0 Å². The average Bonchev–Trinajstić information content (AvgIpc) is 2.22. The zero-order chi connectivity index (χ0) is 11.3. The van der Waals surface area contributed by atoms with Crippen molar-refractivity contribution in [2.45, 2.75) is 20.8 Å². The van der Waals surface area contributed by atoms with Crippen LogP contribution in [0.4, 0.5) is 0 Å². The number of aryl methyl sites for hydroxylation is 2. The predicted molar refractivity (Wildman–Crippen MR) is 57.8 cm³/mol. The maximum atomic E-state index is 8.78. The predicted octanol–water partition coefficient (Wildman–Crippen LogP) is 2.55. The molecule has 80 valence electrons. The van der Waals surface area contributed by atoms with Crippen LogP contribution in [0.15, 0.2) is 12.1 Å². The van der Waals surface area contributed by atoms with Crippen LogP contribution in [0, 0.1) is 25.2 Å². The zero-order valence-electron chi connectivity index (χ0n) is 9.33. The fourth-order valence-electron chi connectivity index (χ4n) is 1.43. The van der Waals surface area contributed by atoms with Crippen molar-refractivity contribution in [3.63, 3.8) is 0 Å². The third kappa shape index (κ3) is 2.97. The first-order valence-electron chi connectivity index (χ1n) is 4.91. The summed E-state index contributed by atoms with van der Waals surface area (Å²) in [6, 6.07) is 5.74. The first-order chi connectivity index (χ1) is 7.19. The van der Waals surface area contributed by atoms with Gasteiger partial charge in [-0.1, -0.05) is 0 Å². The molecule has 0 fully saturated rings. The molecular weight excluding hydrogens is 190 g/mol. The van der Waals surface area contributed by atoms with E-state index in [1.165, 1.54) is 0 Å². The summed E-state index contributed by atoms with van der Waals surface area (Å²) in [6.45, 7) is 6.66. The summed E-state index contributed by atoms with van der Waals surface area (Å²) in [7, 11) is 0. The Bertz CT molecular complexity index is 357. The molecular formula is C12H15NO2. The highest BCUT2D eigenvalue weighted by atomic mass is 16.7. The Morgan fingerprint density at radius 2 is 1.87 bits per heavy atom. The van der Waals surface area contributed by atoms with Gasteiger partial charge in [0.25, 0.3) is 0 Å². The minimum atomic E-state index is 0.254. The van der Waals surface area contributed by atoms with Crippen molar-refractivity contribution in [1.29, 1.82) is 5.26 Å². The largest absolute Gasteiger partial charge is 0.467 e. The lowest BCUT2D eigenvalue weighted by molar-refractivity contribution is 0.0216. The van der Waals surface area contributed by atoms with E-state index in [0.29, 0.717) is 12.2 Å². The van der Waals surface area contributed by atoms with Gasteiger partial charge < -0.3 is 9.47 Å². The standard InChI is InChI=1S/C12H15NO2/c1-4-14-8-15-12-9(2)5-11(7-13)6-10(12)3/h5-6H,4,8H2,1-3H3. The highest BCUT2D eigenvalue weighted by molar-refractivity contribution is 5.46. The van der Waals surface area contributed by atoms with E-state index >= 15 is 0 Å². The van der Waals surface area contributed by atoms with Crippen molar-refractivity contribution in [3.05, 3.63) is 28.8 Å². The highest BCUT2D eigenvalue weighted by Crippen LogP contribution is 2.24. The molecule has 0 atom stereocenters. The average molecular weight is 205 g/mol. The first kappa shape index (κ1) is 11.5.